The predicted octanol–water partition coefficient (Wildman–Crippen LogP) is 1.99. The first-order chi connectivity index (χ1) is 8.59. The largest absolute Gasteiger partial charge is 0.462 e. The SMILES string of the molecule is C=C(C)C(=O)OCCCCCCn1cc[n+](C)c1. The van der Waals surface area contributed by atoms with Crippen molar-refractivity contribution in [2.24, 2.45) is 7.05 Å². The van der Waals surface area contributed by atoms with E-state index in [9.17, 15) is 4.79 Å². The predicted molar refractivity (Wildman–Crippen MR) is 69.8 cm³/mol. The molecule has 0 N–H and O–H groups in total. The second kappa shape index (κ2) is 7.69. The topological polar surface area (TPSA) is 35.1 Å². The van der Waals surface area contributed by atoms with E-state index in [1.165, 1.54) is 0 Å². The normalized spacial score (nSPS) is 10.3. The molecule has 4 heteroatoms. The number of hydrogen-bond donors (Lipinski definition) is 0. The zero-order chi connectivity index (χ0) is 13.4. The minimum Gasteiger partial charge on any atom is -0.462 e. The molecule has 0 atom stereocenters. The summed E-state index contributed by atoms with van der Waals surface area (Å²) in [7, 11) is 2.02. The number of rotatable bonds is 8. The minimum absolute atomic E-state index is 0.283. The number of carbonyl (C=O) groups is 1. The van der Waals surface area contributed by atoms with Gasteiger partial charge in [-0.1, -0.05) is 6.58 Å². The van der Waals surface area contributed by atoms with Crippen molar-refractivity contribution in [2.75, 3.05) is 6.61 Å². The standard InChI is InChI=1S/C14H23N2O2/c1-13(2)14(17)18-11-7-5-4-6-8-16-10-9-15(3)12-16/h9-10,12H,1,4-8,11H2,2-3H3/q+1. The number of esters is 1. The zero-order valence-electron chi connectivity index (χ0n) is 11.4. The Bertz CT molecular complexity index is 396. The van der Waals surface area contributed by atoms with Gasteiger partial charge in [0.05, 0.1) is 20.2 Å². The summed E-state index contributed by atoms with van der Waals surface area (Å²) in [5, 5.41) is 0. The van der Waals surface area contributed by atoms with Crippen molar-refractivity contribution in [3.05, 3.63) is 30.9 Å². The third-order valence-electron chi connectivity index (χ3n) is 2.72. The quantitative estimate of drug-likeness (QED) is 0.306. The number of hydrogen-bond acceptors (Lipinski definition) is 2. The molecule has 0 spiro atoms. The third-order valence-corrected chi connectivity index (χ3v) is 2.72. The summed E-state index contributed by atoms with van der Waals surface area (Å²) >= 11 is 0. The van der Waals surface area contributed by atoms with Crippen molar-refractivity contribution < 1.29 is 14.1 Å². The molecule has 18 heavy (non-hydrogen) atoms. The molecule has 0 aliphatic heterocycles. The molecule has 4 nitrogen and oxygen atoms in total. The van der Waals surface area contributed by atoms with Crippen molar-refractivity contribution in [3.63, 3.8) is 0 Å². The monoisotopic (exact) mass is 251 g/mol. The molecule has 0 aliphatic carbocycles. The Morgan fingerprint density at radius 3 is 2.67 bits per heavy atom. The zero-order valence-corrected chi connectivity index (χ0v) is 11.4. The highest BCUT2D eigenvalue weighted by atomic mass is 16.5. The molecular weight excluding hydrogens is 228 g/mol. The molecule has 1 aromatic heterocycles. The lowest BCUT2D eigenvalue weighted by Crippen LogP contribution is -2.23. The van der Waals surface area contributed by atoms with Crippen LogP contribution < -0.4 is 4.57 Å². The van der Waals surface area contributed by atoms with E-state index in [2.05, 4.69) is 23.7 Å². The van der Waals surface area contributed by atoms with Gasteiger partial charge in [-0.2, -0.15) is 0 Å². The fourth-order valence-electron chi connectivity index (χ4n) is 1.67. The average molecular weight is 251 g/mol. The van der Waals surface area contributed by atoms with Crippen molar-refractivity contribution in [3.8, 4) is 0 Å². The Kier molecular flexibility index (Phi) is 6.19. The maximum atomic E-state index is 11.1. The number of aromatic nitrogens is 2. The number of carbonyl (C=O) groups excluding carboxylic acids is 1. The van der Waals surface area contributed by atoms with Gasteiger partial charge >= 0.3 is 5.97 Å². The average Bonchev–Trinajstić information content (AvgIpc) is 2.73. The van der Waals surface area contributed by atoms with Crippen LogP contribution in [0.2, 0.25) is 0 Å². The molecule has 0 radical (unpaired) electrons. The van der Waals surface area contributed by atoms with Gasteiger partial charge in [-0.15, -0.1) is 0 Å². The molecule has 0 saturated heterocycles. The second-order valence-corrected chi connectivity index (χ2v) is 4.65. The molecule has 0 saturated carbocycles. The van der Waals surface area contributed by atoms with Crippen molar-refractivity contribution >= 4 is 5.97 Å². The Hall–Kier alpha value is -1.58. The van der Waals surface area contributed by atoms with E-state index in [-0.39, 0.29) is 5.97 Å². The van der Waals surface area contributed by atoms with Crippen LogP contribution in [0.3, 0.4) is 0 Å². The lowest BCUT2D eigenvalue weighted by atomic mass is 10.2. The van der Waals surface area contributed by atoms with Crippen LogP contribution in [0, 0.1) is 0 Å². The van der Waals surface area contributed by atoms with E-state index in [4.69, 9.17) is 4.74 Å². The lowest BCUT2D eigenvalue weighted by Gasteiger charge is -2.03. The summed E-state index contributed by atoms with van der Waals surface area (Å²) in [6, 6.07) is 0. The first-order valence-corrected chi connectivity index (χ1v) is 6.43. The van der Waals surface area contributed by atoms with E-state index in [1.807, 2.05) is 17.8 Å². The Morgan fingerprint density at radius 1 is 1.33 bits per heavy atom. The van der Waals surface area contributed by atoms with Gasteiger partial charge in [-0.05, 0) is 32.6 Å². The number of ether oxygens (including phenoxy) is 1. The minimum atomic E-state index is -0.283. The summed E-state index contributed by atoms with van der Waals surface area (Å²) < 4.78 is 9.25. The van der Waals surface area contributed by atoms with Gasteiger partial charge in [0.25, 0.3) is 0 Å². The second-order valence-electron chi connectivity index (χ2n) is 4.65. The van der Waals surface area contributed by atoms with E-state index in [0.717, 1.165) is 32.2 Å². The highest BCUT2D eigenvalue weighted by Crippen LogP contribution is 2.03. The van der Waals surface area contributed by atoms with Gasteiger partial charge in [-0.25, -0.2) is 13.9 Å². The van der Waals surface area contributed by atoms with Crippen LogP contribution in [0.25, 0.3) is 0 Å². The summed E-state index contributed by atoms with van der Waals surface area (Å²) in [4.78, 5) is 11.1. The van der Waals surface area contributed by atoms with Crippen LogP contribution in [0.1, 0.15) is 32.6 Å². The first kappa shape index (κ1) is 14.5. The van der Waals surface area contributed by atoms with Crippen LogP contribution in [-0.2, 0) is 23.1 Å². The number of unbranched alkanes of at least 4 members (excludes halogenated alkanes) is 3. The van der Waals surface area contributed by atoms with Gasteiger partial charge in [0.2, 0.25) is 6.33 Å². The Labute approximate surface area is 109 Å². The highest BCUT2D eigenvalue weighted by molar-refractivity contribution is 5.86. The van der Waals surface area contributed by atoms with Crippen molar-refractivity contribution in [1.29, 1.82) is 0 Å². The van der Waals surface area contributed by atoms with Crippen LogP contribution in [0.4, 0.5) is 0 Å². The first-order valence-electron chi connectivity index (χ1n) is 6.43. The fraction of sp³-hybridized carbons (Fsp3) is 0.571. The van der Waals surface area contributed by atoms with E-state index >= 15 is 0 Å². The molecule has 0 fully saturated rings. The van der Waals surface area contributed by atoms with Gasteiger partial charge in [-0.3, -0.25) is 0 Å². The molecular formula is C14H23N2O2+. The molecule has 1 rings (SSSR count). The highest BCUT2D eigenvalue weighted by Gasteiger charge is 2.02. The number of aryl methyl sites for hydroxylation is 2. The smallest absolute Gasteiger partial charge is 0.333 e. The summed E-state index contributed by atoms with van der Waals surface area (Å²) in [5.41, 5.74) is 0.468. The molecule has 0 bridgehead atoms. The van der Waals surface area contributed by atoms with Crippen LogP contribution in [0.5, 0.6) is 0 Å². The maximum Gasteiger partial charge on any atom is 0.333 e. The summed E-state index contributed by atoms with van der Waals surface area (Å²) in [6.07, 6.45) is 10.5. The van der Waals surface area contributed by atoms with Gasteiger partial charge in [0, 0.05) is 5.57 Å². The summed E-state index contributed by atoms with van der Waals surface area (Å²) in [6.45, 7) is 6.76. The Morgan fingerprint density at radius 2 is 2.06 bits per heavy atom. The van der Waals surface area contributed by atoms with E-state index in [1.54, 1.807) is 6.92 Å². The van der Waals surface area contributed by atoms with Crippen molar-refractivity contribution in [1.82, 2.24) is 4.57 Å². The van der Waals surface area contributed by atoms with Crippen LogP contribution in [0.15, 0.2) is 30.9 Å². The molecule has 0 amide bonds. The van der Waals surface area contributed by atoms with Gasteiger partial charge in [0.15, 0.2) is 0 Å². The number of imidazole rings is 1. The molecule has 100 valence electrons. The molecule has 1 aromatic rings. The lowest BCUT2D eigenvalue weighted by molar-refractivity contribution is -0.671. The summed E-state index contributed by atoms with van der Waals surface area (Å²) in [5.74, 6) is -0.283. The van der Waals surface area contributed by atoms with Crippen LogP contribution in [-0.4, -0.2) is 17.1 Å². The molecule has 0 unspecified atom stereocenters. The van der Waals surface area contributed by atoms with E-state index < -0.39 is 0 Å². The molecule has 0 aromatic carbocycles. The maximum absolute atomic E-state index is 11.1. The van der Waals surface area contributed by atoms with Crippen LogP contribution >= 0.6 is 0 Å². The third kappa shape index (κ3) is 5.66. The molecule has 1 heterocycles. The number of nitrogens with zero attached hydrogens (tertiary/aromatic N) is 2. The van der Waals surface area contributed by atoms with Crippen molar-refractivity contribution in [2.45, 2.75) is 39.2 Å². The fourth-order valence-corrected chi connectivity index (χ4v) is 1.67. The van der Waals surface area contributed by atoms with E-state index in [0.29, 0.717) is 12.2 Å². The molecule has 0 aliphatic rings. The Balaban J connectivity index is 1.96. The van der Waals surface area contributed by atoms with Gasteiger partial charge < -0.3 is 4.74 Å². The van der Waals surface area contributed by atoms with Gasteiger partial charge in [0.1, 0.15) is 12.4 Å².